The zero-order chi connectivity index (χ0) is 14.5. The van der Waals surface area contributed by atoms with Crippen LogP contribution in [0.5, 0.6) is 11.5 Å². The quantitative estimate of drug-likeness (QED) is 0.903. The van der Waals surface area contributed by atoms with Gasteiger partial charge in [0.2, 0.25) is 0 Å². The SMILES string of the molecule is COc1ccc2c(c1)C1CC(C)(O2)N(C(C)C)C(=O)N1. The molecule has 2 amide bonds. The summed E-state index contributed by atoms with van der Waals surface area (Å²) in [5, 5.41) is 3.06. The second kappa shape index (κ2) is 4.30. The van der Waals surface area contributed by atoms with Gasteiger partial charge in [0.05, 0.1) is 13.2 Å². The molecule has 1 aromatic rings. The van der Waals surface area contributed by atoms with Gasteiger partial charge in [-0.1, -0.05) is 0 Å². The molecule has 1 N–H and O–H groups in total. The zero-order valence-corrected chi connectivity index (χ0v) is 12.3. The molecule has 5 nitrogen and oxygen atoms in total. The Bertz CT molecular complexity index is 558. The molecule has 3 rings (SSSR count). The normalized spacial score (nSPS) is 27.8. The lowest BCUT2D eigenvalue weighted by Crippen LogP contribution is -2.66. The van der Waals surface area contributed by atoms with E-state index in [4.69, 9.17) is 9.47 Å². The molecule has 0 spiro atoms. The van der Waals surface area contributed by atoms with Crippen LogP contribution < -0.4 is 14.8 Å². The molecule has 0 radical (unpaired) electrons. The number of nitrogens with zero attached hydrogens (tertiary/aromatic N) is 1. The predicted octanol–water partition coefficient (Wildman–Crippen LogP) is 2.67. The van der Waals surface area contributed by atoms with E-state index in [1.54, 1.807) is 12.0 Å². The minimum Gasteiger partial charge on any atom is -0.497 e. The number of methoxy groups -OCH3 is 1. The summed E-state index contributed by atoms with van der Waals surface area (Å²) in [6, 6.07) is 5.71. The van der Waals surface area contributed by atoms with Crippen LogP contribution in [0.3, 0.4) is 0 Å². The van der Waals surface area contributed by atoms with E-state index in [2.05, 4.69) is 5.32 Å². The van der Waals surface area contributed by atoms with Gasteiger partial charge >= 0.3 is 6.03 Å². The van der Waals surface area contributed by atoms with Crippen molar-refractivity contribution in [2.45, 2.75) is 45.0 Å². The molecule has 0 aromatic heterocycles. The van der Waals surface area contributed by atoms with Crippen LogP contribution in [0.4, 0.5) is 4.79 Å². The average molecular weight is 276 g/mol. The summed E-state index contributed by atoms with van der Waals surface area (Å²) in [5.41, 5.74) is 0.390. The summed E-state index contributed by atoms with van der Waals surface area (Å²) in [6.45, 7) is 5.97. The number of rotatable bonds is 2. The molecule has 0 saturated carbocycles. The van der Waals surface area contributed by atoms with Crippen LogP contribution >= 0.6 is 0 Å². The van der Waals surface area contributed by atoms with Crippen LogP contribution in [0, 0.1) is 0 Å². The number of carbonyl (C=O) groups excluding carboxylic acids is 1. The molecule has 2 aliphatic rings. The van der Waals surface area contributed by atoms with E-state index in [-0.39, 0.29) is 18.1 Å². The van der Waals surface area contributed by atoms with E-state index in [0.717, 1.165) is 23.5 Å². The minimum absolute atomic E-state index is 0.0265. The van der Waals surface area contributed by atoms with E-state index in [1.165, 1.54) is 0 Å². The van der Waals surface area contributed by atoms with Crippen LogP contribution in [-0.4, -0.2) is 29.8 Å². The van der Waals surface area contributed by atoms with Gasteiger partial charge in [-0.15, -0.1) is 0 Å². The molecule has 1 fully saturated rings. The van der Waals surface area contributed by atoms with Gasteiger partial charge in [0, 0.05) is 18.0 Å². The first-order valence-electron chi connectivity index (χ1n) is 6.91. The zero-order valence-electron chi connectivity index (χ0n) is 12.3. The van der Waals surface area contributed by atoms with Gasteiger partial charge in [-0.2, -0.15) is 0 Å². The maximum Gasteiger partial charge on any atom is 0.321 e. The molecule has 5 heteroatoms. The monoisotopic (exact) mass is 276 g/mol. The van der Waals surface area contributed by atoms with Crippen molar-refractivity contribution in [1.29, 1.82) is 0 Å². The Hall–Kier alpha value is -1.91. The standard InChI is InChI=1S/C15H20N2O3/c1-9(2)17-14(18)16-12-8-15(17,3)20-13-6-5-10(19-4)7-11(12)13/h5-7,9,12H,8H2,1-4H3,(H,16,18). The van der Waals surface area contributed by atoms with Gasteiger partial charge in [0.25, 0.3) is 0 Å². The number of urea groups is 1. The van der Waals surface area contributed by atoms with Gasteiger partial charge in [-0.25, -0.2) is 4.79 Å². The molecule has 2 unspecified atom stereocenters. The Morgan fingerprint density at radius 2 is 2.25 bits per heavy atom. The van der Waals surface area contributed by atoms with Crippen LogP contribution in [-0.2, 0) is 0 Å². The van der Waals surface area contributed by atoms with Crippen molar-refractivity contribution in [3.8, 4) is 11.5 Å². The topological polar surface area (TPSA) is 50.8 Å². The average Bonchev–Trinajstić information content (AvgIpc) is 2.36. The van der Waals surface area contributed by atoms with Gasteiger partial charge in [0.1, 0.15) is 11.5 Å². The maximum absolute atomic E-state index is 12.3. The summed E-state index contributed by atoms with van der Waals surface area (Å²) in [5.74, 6) is 1.59. The Kier molecular flexibility index (Phi) is 2.81. The summed E-state index contributed by atoms with van der Waals surface area (Å²) in [6.07, 6.45) is 0.733. The number of carbonyl (C=O) groups is 1. The third kappa shape index (κ3) is 1.80. The highest BCUT2D eigenvalue weighted by molar-refractivity contribution is 5.77. The van der Waals surface area contributed by atoms with Crippen molar-refractivity contribution in [3.05, 3.63) is 23.8 Å². The van der Waals surface area contributed by atoms with E-state index in [0.29, 0.717) is 0 Å². The molecule has 1 aromatic carbocycles. The maximum atomic E-state index is 12.3. The lowest BCUT2D eigenvalue weighted by molar-refractivity contribution is -0.0964. The molecule has 0 aliphatic carbocycles. The lowest BCUT2D eigenvalue weighted by atomic mass is 9.89. The number of fused-ring (bicyclic) bond motifs is 4. The fourth-order valence-corrected chi connectivity index (χ4v) is 3.28. The van der Waals surface area contributed by atoms with Gasteiger partial charge in [-0.3, -0.25) is 4.90 Å². The smallest absolute Gasteiger partial charge is 0.321 e. The summed E-state index contributed by atoms with van der Waals surface area (Å²) in [7, 11) is 1.63. The van der Waals surface area contributed by atoms with E-state index < -0.39 is 5.72 Å². The third-order valence-electron chi connectivity index (χ3n) is 4.05. The lowest BCUT2D eigenvalue weighted by Gasteiger charge is -2.52. The van der Waals surface area contributed by atoms with Crippen molar-refractivity contribution < 1.29 is 14.3 Å². The molecule has 2 aliphatic heterocycles. The minimum atomic E-state index is -0.594. The number of hydrogen-bond acceptors (Lipinski definition) is 3. The second-order valence-corrected chi connectivity index (χ2v) is 5.85. The summed E-state index contributed by atoms with van der Waals surface area (Å²) < 4.78 is 11.4. The Morgan fingerprint density at radius 1 is 1.50 bits per heavy atom. The number of nitrogens with one attached hydrogen (secondary N) is 1. The molecular formula is C15H20N2O3. The number of amides is 2. The fourth-order valence-electron chi connectivity index (χ4n) is 3.28. The highest BCUT2D eigenvalue weighted by atomic mass is 16.5. The van der Waals surface area contributed by atoms with Crippen molar-refractivity contribution >= 4 is 6.03 Å². The van der Waals surface area contributed by atoms with E-state index in [1.807, 2.05) is 39.0 Å². The third-order valence-corrected chi connectivity index (χ3v) is 4.05. The second-order valence-electron chi connectivity index (χ2n) is 5.85. The van der Waals surface area contributed by atoms with E-state index in [9.17, 15) is 4.79 Å². The first-order chi connectivity index (χ1) is 9.44. The van der Waals surface area contributed by atoms with Crippen molar-refractivity contribution in [2.75, 3.05) is 7.11 Å². The van der Waals surface area contributed by atoms with Crippen molar-refractivity contribution in [1.82, 2.24) is 10.2 Å². The van der Waals surface area contributed by atoms with Crippen molar-refractivity contribution in [3.63, 3.8) is 0 Å². The molecule has 108 valence electrons. The Balaban J connectivity index is 2.05. The van der Waals surface area contributed by atoms with Gasteiger partial charge < -0.3 is 14.8 Å². The molecule has 2 atom stereocenters. The van der Waals surface area contributed by atoms with Crippen LogP contribution in [0.2, 0.25) is 0 Å². The molecular weight excluding hydrogens is 256 g/mol. The first kappa shape index (κ1) is 13.1. The number of hydrogen-bond donors (Lipinski definition) is 1. The molecule has 2 heterocycles. The number of benzene rings is 1. The van der Waals surface area contributed by atoms with Crippen molar-refractivity contribution in [2.24, 2.45) is 0 Å². The highest BCUT2D eigenvalue weighted by Crippen LogP contribution is 2.45. The molecule has 20 heavy (non-hydrogen) atoms. The van der Waals surface area contributed by atoms with Gasteiger partial charge in [-0.05, 0) is 39.0 Å². The van der Waals surface area contributed by atoms with Crippen LogP contribution in [0.1, 0.15) is 38.8 Å². The van der Waals surface area contributed by atoms with Crippen LogP contribution in [0.15, 0.2) is 18.2 Å². The van der Waals surface area contributed by atoms with E-state index >= 15 is 0 Å². The predicted molar refractivity (Wildman–Crippen MR) is 74.9 cm³/mol. The summed E-state index contributed by atoms with van der Waals surface area (Å²) in [4.78, 5) is 14.1. The fraction of sp³-hybridized carbons (Fsp3) is 0.533. The Labute approximate surface area is 118 Å². The largest absolute Gasteiger partial charge is 0.497 e. The Morgan fingerprint density at radius 3 is 2.90 bits per heavy atom. The number of ether oxygens (including phenoxy) is 2. The molecule has 2 bridgehead atoms. The summed E-state index contributed by atoms with van der Waals surface area (Å²) >= 11 is 0. The highest BCUT2D eigenvalue weighted by Gasteiger charge is 2.49. The first-order valence-corrected chi connectivity index (χ1v) is 6.91. The van der Waals surface area contributed by atoms with Gasteiger partial charge in [0.15, 0.2) is 5.72 Å². The molecule has 1 saturated heterocycles. The van der Waals surface area contributed by atoms with Crippen LogP contribution in [0.25, 0.3) is 0 Å².